The van der Waals surface area contributed by atoms with Gasteiger partial charge in [-0.2, -0.15) is 0 Å². The van der Waals surface area contributed by atoms with Gasteiger partial charge in [0, 0.05) is 13.5 Å². The predicted octanol–water partition coefficient (Wildman–Crippen LogP) is 1.28. The van der Waals surface area contributed by atoms with Crippen molar-refractivity contribution >= 4 is 17.8 Å². The highest BCUT2D eigenvalue weighted by atomic mass is 16.5. The molecule has 6 nitrogen and oxygen atoms in total. The van der Waals surface area contributed by atoms with Crippen molar-refractivity contribution in [3.05, 3.63) is 35.9 Å². The van der Waals surface area contributed by atoms with Crippen LogP contribution in [0.25, 0.3) is 0 Å². The minimum atomic E-state index is -0.591. The molecule has 6 heteroatoms. The summed E-state index contributed by atoms with van der Waals surface area (Å²) in [6, 6.07) is 8.77. The molecule has 0 unspecified atom stereocenters. The summed E-state index contributed by atoms with van der Waals surface area (Å²) in [7, 11) is 0. The van der Waals surface area contributed by atoms with Crippen LogP contribution >= 0.6 is 0 Å². The number of nitrogens with zero attached hydrogens (tertiary/aromatic N) is 1. The Hall–Kier alpha value is -2.37. The fourth-order valence-corrected chi connectivity index (χ4v) is 2.38. The molecule has 0 bridgehead atoms. The number of carbonyl (C=O) groups excluding carboxylic acids is 3. The molecule has 0 aliphatic carbocycles. The SMILES string of the molecule is CC(=O)OCC(=O)N1CCC[C@H]1C(=O)OCc1ccccc1. The monoisotopic (exact) mass is 305 g/mol. The van der Waals surface area contributed by atoms with Gasteiger partial charge >= 0.3 is 11.9 Å². The molecule has 1 aliphatic rings. The summed E-state index contributed by atoms with van der Waals surface area (Å²) in [6.07, 6.45) is 1.30. The molecule has 1 fully saturated rings. The van der Waals surface area contributed by atoms with Gasteiger partial charge in [0.25, 0.3) is 5.91 Å². The van der Waals surface area contributed by atoms with Gasteiger partial charge < -0.3 is 14.4 Å². The van der Waals surface area contributed by atoms with Crippen molar-refractivity contribution in [2.45, 2.75) is 32.4 Å². The first kappa shape index (κ1) is 16.0. The largest absolute Gasteiger partial charge is 0.459 e. The number of rotatable bonds is 5. The third-order valence-corrected chi connectivity index (χ3v) is 3.47. The maximum Gasteiger partial charge on any atom is 0.329 e. The number of likely N-dealkylation sites (tertiary alicyclic amines) is 1. The molecule has 118 valence electrons. The van der Waals surface area contributed by atoms with Crippen LogP contribution in [0.2, 0.25) is 0 Å². The molecule has 0 saturated carbocycles. The summed E-state index contributed by atoms with van der Waals surface area (Å²) in [6.45, 7) is 1.56. The van der Waals surface area contributed by atoms with E-state index >= 15 is 0 Å². The molecular formula is C16H19NO5. The highest BCUT2D eigenvalue weighted by molar-refractivity contribution is 5.86. The van der Waals surface area contributed by atoms with Crippen LogP contribution in [0.4, 0.5) is 0 Å². The molecule has 1 amide bonds. The van der Waals surface area contributed by atoms with Crippen LogP contribution in [0.1, 0.15) is 25.3 Å². The predicted molar refractivity (Wildman–Crippen MR) is 77.6 cm³/mol. The summed E-state index contributed by atoms with van der Waals surface area (Å²) in [4.78, 5) is 36.3. The number of hydrogen-bond donors (Lipinski definition) is 0. The highest BCUT2D eigenvalue weighted by Gasteiger charge is 2.35. The van der Waals surface area contributed by atoms with Gasteiger partial charge in [-0.25, -0.2) is 4.79 Å². The van der Waals surface area contributed by atoms with Gasteiger partial charge in [-0.3, -0.25) is 9.59 Å². The van der Waals surface area contributed by atoms with Crippen LogP contribution in [-0.2, 0) is 30.5 Å². The van der Waals surface area contributed by atoms with E-state index in [0.717, 1.165) is 12.0 Å². The zero-order valence-electron chi connectivity index (χ0n) is 12.5. The van der Waals surface area contributed by atoms with Crippen LogP contribution in [0.5, 0.6) is 0 Å². The smallest absolute Gasteiger partial charge is 0.329 e. The van der Waals surface area contributed by atoms with Crippen LogP contribution in [0.3, 0.4) is 0 Å². The molecule has 22 heavy (non-hydrogen) atoms. The summed E-state index contributed by atoms with van der Waals surface area (Å²) in [5.41, 5.74) is 0.895. The topological polar surface area (TPSA) is 72.9 Å². The molecule has 1 heterocycles. The van der Waals surface area contributed by atoms with E-state index in [1.165, 1.54) is 11.8 Å². The van der Waals surface area contributed by atoms with E-state index in [2.05, 4.69) is 0 Å². The van der Waals surface area contributed by atoms with Gasteiger partial charge in [-0.1, -0.05) is 30.3 Å². The Balaban J connectivity index is 1.87. The molecule has 0 aromatic heterocycles. The first-order valence-electron chi connectivity index (χ1n) is 7.21. The van der Waals surface area contributed by atoms with E-state index in [1.54, 1.807) is 0 Å². The number of hydrogen-bond acceptors (Lipinski definition) is 5. The minimum absolute atomic E-state index is 0.183. The zero-order chi connectivity index (χ0) is 15.9. The molecule has 0 radical (unpaired) electrons. The molecule has 0 spiro atoms. The minimum Gasteiger partial charge on any atom is -0.459 e. The van der Waals surface area contributed by atoms with Crippen molar-refractivity contribution in [1.82, 2.24) is 4.90 Å². The molecule has 1 aliphatic heterocycles. The third kappa shape index (κ3) is 4.31. The number of amides is 1. The molecular weight excluding hydrogens is 286 g/mol. The van der Waals surface area contributed by atoms with E-state index in [9.17, 15) is 14.4 Å². The Labute approximate surface area is 129 Å². The highest BCUT2D eigenvalue weighted by Crippen LogP contribution is 2.19. The molecule has 1 saturated heterocycles. The Morgan fingerprint density at radius 3 is 2.59 bits per heavy atom. The second kappa shape index (κ2) is 7.59. The number of carbonyl (C=O) groups is 3. The van der Waals surface area contributed by atoms with E-state index in [-0.39, 0.29) is 19.1 Å². The Morgan fingerprint density at radius 2 is 1.91 bits per heavy atom. The fourth-order valence-electron chi connectivity index (χ4n) is 2.38. The van der Waals surface area contributed by atoms with Gasteiger partial charge in [0.2, 0.25) is 0 Å². The van der Waals surface area contributed by atoms with Gasteiger partial charge in [-0.15, -0.1) is 0 Å². The standard InChI is InChI=1S/C16H19NO5/c1-12(18)21-11-15(19)17-9-5-8-14(17)16(20)22-10-13-6-3-2-4-7-13/h2-4,6-7,14H,5,8-11H2,1H3/t14-/m0/s1. The van der Waals surface area contributed by atoms with Crippen molar-refractivity contribution in [3.63, 3.8) is 0 Å². The van der Waals surface area contributed by atoms with Crippen molar-refractivity contribution in [3.8, 4) is 0 Å². The summed E-state index contributed by atoms with van der Waals surface area (Å²) < 4.78 is 9.97. The van der Waals surface area contributed by atoms with Crippen molar-refractivity contribution in [1.29, 1.82) is 0 Å². The lowest BCUT2D eigenvalue weighted by Crippen LogP contribution is -2.43. The normalized spacial score (nSPS) is 17.1. The molecule has 1 aromatic carbocycles. The Bertz CT molecular complexity index is 543. The van der Waals surface area contributed by atoms with Gasteiger partial charge in [0.15, 0.2) is 6.61 Å². The average molecular weight is 305 g/mol. The quantitative estimate of drug-likeness (QED) is 0.766. The van der Waals surface area contributed by atoms with E-state index in [1.807, 2.05) is 30.3 Å². The van der Waals surface area contributed by atoms with Gasteiger partial charge in [0.05, 0.1) is 0 Å². The Kier molecular flexibility index (Phi) is 5.52. The summed E-state index contributed by atoms with van der Waals surface area (Å²) in [5.74, 6) is -1.30. The van der Waals surface area contributed by atoms with Crippen LogP contribution in [-0.4, -0.2) is 41.9 Å². The molecule has 2 rings (SSSR count). The van der Waals surface area contributed by atoms with Crippen molar-refractivity contribution < 1.29 is 23.9 Å². The lowest BCUT2D eigenvalue weighted by Gasteiger charge is -2.23. The summed E-state index contributed by atoms with van der Waals surface area (Å²) in [5, 5.41) is 0. The lowest BCUT2D eigenvalue weighted by molar-refractivity contribution is -0.157. The lowest BCUT2D eigenvalue weighted by atomic mass is 10.2. The number of ether oxygens (including phenoxy) is 2. The van der Waals surface area contributed by atoms with Crippen molar-refractivity contribution in [2.75, 3.05) is 13.2 Å². The molecule has 0 N–H and O–H groups in total. The van der Waals surface area contributed by atoms with E-state index in [0.29, 0.717) is 13.0 Å². The second-order valence-electron chi connectivity index (χ2n) is 5.12. The zero-order valence-corrected chi connectivity index (χ0v) is 12.5. The van der Waals surface area contributed by atoms with E-state index in [4.69, 9.17) is 9.47 Å². The van der Waals surface area contributed by atoms with Gasteiger partial charge in [-0.05, 0) is 18.4 Å². The first-order chi connectivity index (χ1) is 10.6. The summed E-state index contributed by atoms with van der Waals surface area (Å²) >= 11 is 0. The maximum atomic E-state index is 12.1. The maximum absolute atomic E-state index is 12.1. The first-order valence-corrected chi connectivity index (χ1v) is 7.21. The molecule has 1 aromatic rings. The van der Waals surface area contributed by atoms with Crippen molar-refractivity contribution in [2.24, 2.45) is 0 Å². The Morgan fingerprint density at radius 1 is 1.18 bits per heavy atom. The fraction of sp³-hybridized carbons (Fsp3) is 0.438. The number of benzene rings is 1. The average Bonchev–Trinajstić information content (AvgIpc) is 3.01. The van der Waals surface area contributed by atoms with E-state index < -0.39 is 18.0 Å². The van der Waals surface area contributed by atoms with Crippen LogP contribution in [0.15, 0.2) is 30.3 Å². The molecule has 1 atom stereocenters. The van der Waals surface area contributed by atoms with Crippen LogP contribution in [0, 0.1) is 0 Å². The third-order valence-electron chi connectivity index (χ3n) is 3.47. The number of esters is 2. The van der Waals surface area contributed by atoms with Gasteiger partial charge in [0.1, 0.15) is 12.6 Å². The second-order valence-corrected chi connectivity index (χ2v) is 5.12. The van der Waals surface area contributed by atoms with Crippen LogP contribution < -0.4 is 0 Å².